The highest BCUT2D eigenvalue weighted by molar-refractivity contribution is 7.89. The summed E-state index contributed by atoms with van der Waals surface area (Å²) in [5.41, 5.74) is 7.84. The summed E-state index contributed by atoms with van der Waals surface area (Å²) in [5.74, 6) is 0.0884. The van der Waals surface area contributed by atoms with Crippen molar-refractivity contribution in [3.05, 3.63) is 41.6 Å². The average Bonchev–Trinajstić information content (AvgIpc) is 3.08. The fourth-order valence-electron chi connectivity index (χ4n) is 2.92. The zero-order valence-electron chi connectivity index (χ0n) is 11.8. The molecule has 3 N–H and O–H groups in total. The van der Waals surface area contributed by atoms with Gasteiger partial charge in [0.2, 0.25) is 10.0 Å². The van der Waals surface area contributed by atoms with Gasteiger partial charge in [-0.3, -0.25) is 5.10 Å². The van der Waals surface area contributed by atoms with Crippen LogP contribution in [0.25, 0.3) is 0 Å². The number of nitrogen functional groups attached to an aromatic ring is 1. The zero-order chi connectivity index (χ0) is 15.0. The van der Waals surface area contributed by atoms with Gasteiger partial charge in [-0.05, 0) is 30.9 Å². The van der Waals surface area contributed by atoms with Gasteiger partial charge in [0.1, 0.15) is 10.7 Å². The maximum atomic E-state index is 12.8. The van der Waals surface area contributed by atoms with Gasteiger partial charge >= 0.3 is 0 Å². The van der Waals surface area contributed by atoms with Crippen LogP contribution in [0, 0.1) is 6.92 Å². The number of benzene rings is 1. The van der Waals surface area contributed by atoms with Crippen LogP contribution >= 0.6 is 0 Å². The Kier molecular flexibility index (Phi) is 3.46. The number of aromatic nitrogens is 2. The second-order valence-corrected chi connectivity index (χ2v) is 7.14. The number of hydrogen-bond acceptors (Lipinski definition) is 4. The van der Waals surface area contributed by atoms with Crippen molar-refractivity contribution < 1.29 is 8.42 Å². The second kappa shape index (κ2) is 5.16. The molecule has 1 aromatic heterocycles. The number of rotatable bonds is 3. The molecule has 0 aliphatic carbocycles. The summed E-state index contributed by atoms with van der Waals surface area (Å²) in [7, 11) is -3.63. The number of aryl methyl sites for hydroxylation is 1. The van der Waals surface area contributed by atoms with E-state index in [-0.39, 0.29) is 16.8 Å². The Labute approximate surface area is 124 Å². The van der Waals surface area contributed by atoms with Crippen LogP contribution in [-0.4, -0.2) is 29.5 Å². The molecule has 0 radical (unpaired) electrons. The minimum absolute atomic E-state index is 0.0583. The molecule has 7 heteroatoms. The Hall–Kier alpha value is -1.86. The van der Waals surface area contributed by atoms with Crippen LogP contribution in [0.2, 0.25) is 0 Å². The molecule has 1 aliphatic heterocycles. The van der Waals surface area contributed by atoms with Crippen molar-refractivity contribution >= 4 is 15.8 Å². The topological polar surface area (TPSA) is 92.1 Å². The highest BCUT2D eigenvalue weighted by Gasteiger charge is 2.38. The molecular weight excluding hydrogens is 288 g/mol. The van der Waals surface area contributed by atoms with Gasteiger partial charge in [-0.2, -0.15) is 9.40 Å². The molecule has 1 aromatic carbocycles. The summed E-state index contributed by atoms with van der Waals surface area (Å²) in [6.07, 6.45) is 2.94. The van der Waals surface area contributed by atoms with Gasteiger partial charge < -0.3 is 5.73 Å². The molecule has 6 nitrogen and oxygen atoms in total. The Morgan fingerprint density at radius 2 is 2.14 bits per heavy atom. The number of hydrogen-bond donors (Lipinski definition) is 2. The monoisotopic (exact) mass is 306 g/mol. The number of sulfonamides is 1. The van der Waals surface area contributed by atoms with E-state index < -0.39 is 10.0 Å². The van der Waals surface area contributed by atoms with Crippen molar-refractivity contribution in [3.8, 4) is 0 Å². The molecule has 1 fully saturated rings. The van der Waals surface area contributed by atoms with Crippen molar-refractivity contribution in [3.63, 3.8) is 0 Å². The summed E-state index contributed by atoms with van der Waals surface area (Å²) in [5, 5.41) is 6.21. The van der Waals surface area contributed by atoms with E-state index in [0.29, 0.717) is 6.54 Å². The van der Waals surface area contributed by atoms with Crippen molar-refractivity contribution in [2.24, 2.45) is 0 Å². The average molecular weight is 306 g/mol. The van der Waals surface area contributed by atoms with Crippen LogP contribution in [0.5, 0.6) is 0 Å². The standard InChI is InChI=1S/C14H18N4O2S/c1-10-5-2-3-6-11(10)12-7-4-8-18(12)21(19,20)13-9-16-17-14(13)15/h2-3,5-6,9,12H,4,7-8H2,1H3,(H3,15,16,17). The minimum Gasteiger partial charge on any atom is -0.383 e. The fraction of sp³-hybridized carbons (Fsp3) is 0.357. The third kappa shape index (κ3) is 2.32. The quantitative estimate of drug-likeness (QED) is 0.905. The van der Waals surface area contributed by atoms with Crippen LogP contribution in [0.4, 0.5) is 5.82 Å². The molecule has 2 aromatic rings. The molecule has 2 heterocycles. The van der Waals surface area contributed by atoms with Crippen molar-refractivity contribution in [1.29, 1.82) is 0 Å². The highest BCUT2D eigenvalue weighted by Crippen LogP contribution is 2.38. The van der Waals surface area contributed by atoms with Gasteiger partial charge in [0.25, 0.3) is 0 Å². The van der Waals surface area contributed by atoms with E-state index in [1.165, 1.54) is 10.5 Å². The van der Waals surface area contributed by atoms with Crippen LogP contribution in [0.15, 0.2) is 35.4 Å². The number of aromatic amines is 1. The third-order valence-corrected chi connectivity index (χ3v) is 5.91. The second-order valence-electron chi connectivity index (χ2n) is 5.28. The Bertz CT molecular complexity index is 754. The number of H-pyrrole nitrogens is 1. The van der Waals surface area contributed by atoms with Crippen molar-refractivity contribution in [2.75, 3.05) is 12.3 Å². The van der Waals surface area contributed by atoms with Crippen LogP contribution in [-0.2, 0) is 10.0 Å². The van der Waals surface area contributed by atoms with Crippen LogP contribution in [0.3, 0.4) is 0 Å². The molecule has 0 spiro atoms. The summed E-state index contributed by atoms with van der Waals surface area (Å²) < 4.78 is 27.1. The molecule has 0 bridgehead atoms. The molecule has 0 amide bonds. The predicted molar refractivity (Wildman–Crippen MR) is 80.0 cm³/mol. The summed E-state index contributed by atoms with van der Waals surface area (Å²) in [6.45, 7) is 2.51. The molecule has 3 rings (SSSR count). The Morgan fingerprint density at radius 3 is 2.81 bits per heavy atom. The normalized spacial score (nSPS) is 20.0. The lowest BCUT2D eigenvalue weighted by Crippen LogP contribution is -2.31. The van der Waals surface area contributed by atoms with Crippen LogP contribution < -0.4 is 5.73 Å². The van der Waals surface area contributed by atoms with E-state index in [9.17, 15) is 8.42 Å². The Morgan fingerprint density at radius 1 is 1.38 bits per heavy atom. The van der Waals surface area contributed by atoms with Gasteiger partial charge in [-0.25, -0.2) is 8.42 Å². The highest BCUT2D eigenvalue weighted by atomic mass is 32.2. The zero-order valence-corrected chi connectivity index (χ0v) is 12.6. The number of nitrogens with one attached hydrogen (secondary N) is 1. The van der Waals surface area contributed by atoms with E-state index in [0.717, 1.165) is 24.0 Å². The largest absolute Gasteiger partial charge is 0.383 e. The molecule has 1 atom stereocenters. The number of anilines is 1. The van der Waals surface area contributed by atoms with E-state index in [1.807, 2.05) is 31.2 Å². The van der Waals surface area contributed by atoms with Crippen molar-refractivity contribution in [2.45, 2.75) is 30.7 Å². The summed E-state index contributed by atoms with van der Waals surface area (Å²) >= 11 is 0. The lowest BCUT2D eigenvalue weighted by atomic mass is 10.0. The number of nitrogens with zero attached hydrogens (tertiary/aromatic N) is 2. The first-order chi connectivity index (χ1) is 10.0. The maximum absolute atomic E-state index is 12.8. The molecule has 1 aliphatic rings. The van der Waals surface area contributed by atoms with Gasteiger partial charge in [0, 0.05) is 6.54 Å². The molecule has 0 saturated carbocycles. The first-order valence-corrected chi connectivity index (χ1v) is 8.32. The molecule has 112 valence electrons. The molecule has 1 unspecified atom stereocenters. The van der Waals surface area contributed by atoms with E-state index in [4.69, 9.17) is 5.73 Å². The molecule has 1 saturated heterocycles. The summed E-state index contributed by atoms with van der Waals surface area (Å²) in [4.78, 5) is 0.0583. The van der Waals surface area contributed by atoms with E-state index in [1.54, 1.807) is 0 Å². The SMILES string of the molecule is Cc1ccccc1C1CCCN1S(=O)(=O)c1cn[nH]c1N. The summed E-state index contributed by atoms with van der Waals surface area (Å²) in [6, 6.07) is 7.76. The molecular formula is C14H18N4O2S. The van der Waals surface area contributed by atoms with Gasteiger partial charge in [-0.1, -0.05) is 24.3 Å². The Balaban J connectivity index is 2.02. The van der Waals surface area contributed by atoms with Crippen molar-refractivity contribution in [1.82, 2.24) is 14.5 Å². The fourth-order valence-corrected chi connectivity index (χ4v) is 4.60. The van der Waals surface area contributed by atoms with Crippen LogP contribution in [0.1, 0.15) is 30.0 Å². The van der Waals surface area contributed by atoms with Gasteiger partial charge in [0.05, 0.1) is 12.2 Å². The predicted octanol–water partition coefficient (Wildman–Crippen LogP) is 1.83. The first-order valence-electron chi connectivity index (χ1n) is 6.88. The molecule has 21 heavy (non-hydrogen) atoms. The minimum atomic E-state index is -3.63. The van der Waals surface area contributed by atoms with E-state index >= 15 is 0 Å². The maximum Gasteiger partial charge on any atom is 0.248 e. The lowest BCUT2D eigenvalue weighted by molar-refractivity contribution is 0.396. The lowest BCUT2D eigenvalue weighted by Gasteiger charge is -2.25. The van der Waals surface area contributed by atoms with Gasteiger partial charge in [0.15, 0.2) is 0 Å². The number of nitrogens with two attached hydrogens (primary N) is 1. The third-order valence-electron chi connectivity index (χ3n) is 3.97. The van der Waals surface area contributed by atoms with Gasteiger partial charge in [-0.15, -0.1) is 0 Å². The first kappa shape index (κ1) is 14.1. The van der Waals surface area contributed by atoms with E-state index in [2.05, 4.69) is 10.2 Å². The smallest absolute Gasteiger partial charge is 0.248 e.